The number of nitrogens with zero attached hydrogens (tertiary/aromatic N) is 2. The molecule has 0 N–H and O–H groups in total. The van der Waals surface area contributed by atoms with Crippen LogP contribution in [0, 0.1) is 46.3 Å². The zero-order chi connectivity index (χ0) is 17.7. The van der Waals surface area contributed by atoms with Crippen LogP contribution in [0.4, 0.5) is 0 Å². The monoisotopic (exact) mass is 327 g/mol. The smallest absolute Gasteiger partial charge is 0.195 e. The van der Waals surface area contributed by atoms with E-state index in [2.05, 4.69) is 12.1 Å². The number of hydrogen-bond acceptors (Lipinski definition) is 5. The molecule has 0 aromatic carbocycles. The van der Waals surface area contributed by atoms with Crippen molar-refractivity contribution in [2.75, 3.05) is 0 Å². The van der Waals surface area contributed by atoms with E-state index in [0.29, 0.717) is 0 Å². The van der Waals surface area contributed by atoms with E-state index >= 15 is 0 Å². The Bertz CT molecular complexity index is 415. The van der Waals surface area contributed by atoms with Gasteiger partial charge in [-0.15, -0.1) is 0 Å². The van der Waals surface area contributed by atoms with Crippen LogP contribution in [-0.2, 0) is 13.6 Å². The van der Waals surface area contributed by atoms with Gasteiger partial charge in [0.25, 0.3) is 0 Å². The minimum Gasteiger partial charge on any atom is -0.195 e. The van der Waals surface area contributed by atoms with E-state index < -0.39 is 19.5 Å². The Morgan fingerprint density at radius 3 is 1.09 bits per heavy atom. The molecule has 0 atom stereocenters. The fourth-order valence-corrected chi connectivity index (χ4v) is 4.03. The Balaban J connectivity index is 5.46. The van der Waals surface area contributed by atoms with Gasteiger partial charge in [-0.25, -0.2) is 0 Å². The molecule has 0 amide bonds. The third-order valence-corrected chi connectivity index (χ3v) is 5.13. The summed E-state index contributed by atoms with van der Waals surface area (Å²) in [6, 6.07) is 4.28. The van der Waals surface area contributed by atoms with Crippen molar-refractivity contribution in [1.29, 1.82) is 10.5 Å². The third kappa shape index (κ3) is 4.05. The first-order chi connectivity index (χ1) is 10.00. The maximum atomic E-state index is 12.4. The molecule has 5 nitrogen and oxygen atoms in total. The lowest BCUT2D eigenvalue weighted by atomic mass is 9.82. The van der Waals surface area contributed by atoms with E-state index in [0.717, 1.165) is 0 Å². The molecule has 0 aliphatic rings. The first-order valence-electron chi connectivity index (χ1n) is 7.68. The van der Waals surface area contributed by atoms with Crippen LogP contribution >= 0.6 is 8.25 Å². The van der Waals surface area contributed by atoms with Gasteiger partial charge in [0.15, 0.2) is 0 Å². The van der Waals surface area contributed by atoms with E-state index in [9.17, 15) is 15.1 Å². The average molecular weight is 327 g/mol. The highest BCUT2D eigenvalue weighted by molar-refractivity contribution is 7.33. The number of hydrogen-bond donors (Lipinski definition) is 0. The van der Waals surface area contributed by atoms with Crippen molar-refractivity contribution in [2.24, 2.45) is 23.7 Å². The molecule has 0 radical (unpaired) electrons. The van der Waals surface area contributed by atoms with E-state index in [1.807, 2.05) is 55.4 Å². The van der Waals surface area contributed by atoms with Crippen LogP contribution in [0.2, 0.25) is 0 Å². The van der Waals surface area contributed by atoms with E-state index in [4.69, 9.17) is 9.05 Å². The van der Waals surface area contributed by atoms with Gasteiger partial charge in [0.2, 0.25) is 11.2 Å². The van der Waals surface area contributed by atoms with Crippen LogP contribution in [0.5, 0.6) is 0 Å². The van der Waals surface area contributed by atoms with Gasteiger partial charge in [-0.05, 0) is 0 Å². The highest BCUT2D eigenvalue weighted by atomic mass is 31.1. The van der Waals surface area contributed by atoms with Gasteiger partial charge >= 0.3 is 8.25 Å². The Labute approximate surface area is 135 Å². The summed E-state index contributed by atoms with van der Waals surface area (Å²) in [7, 11) is -2.59. The standard InChI is InChI=1S/C16H28N2O3P/c1-11(2)15(9-17,12(3)4)20-22(19)21-16(10-18,13(5)6)14(7)8/h11-14H,1-8H3/q+1. The normalized spacial score (nSPS) is 12.8. The van der Waals surface area contributed by atoms with Gasteiger partial charge in [0.1, 0.15) is 12.1 Å². The topological polar surface area (TPSA) is 83.1 Å². The summed E-state index contributed by atoms with van der Waals surface area (Å²) in [5.41, 5.74) is -2.41. The third-order valence-electron chi connectivity index (χ3n) is 4.23. The largest absolute Gasteiger partial charge is 0.700 e. The van der Waals surface area contributed by atoms with Crippen LogP contribution in [0.1, 0.15) is 55.4 Å². The van der Waals surface area contributed by atoms with E-state index in [1.165, 1.54) is 0 Å². The van der Waals surface area contributed by atoms with Gasteiger partial charge in [-0.1, -0.05) is 64.4 Å². The molecule has 22 heavy (non-hydrogen) atoms. The van der Waals surface area contributed by atoms with Crippen molar-refractivity contribution in [1.82, 2.24) is 0 Å². The predicted octanol–water partition coefficient (Wildman–Crippen LogP) is 4.83. The van der Waals surface area contributed by atoms with Crippen molar-refractivity contribution in [2.45, 2.75) is 66.6 Å². The quantitative estimate of drug-likeness (QED) is 0.596. The van der Waals surface area contributed by atoms with Crippen LogP contribution in [0.25, 0.3) is 0 Å². The Hall–Kier alpha value is -1.00. The van der Waals surface area contributed by atoms with Gasteiger partial charge < -0.3 is 0 Å². The SMILES string of the molecule is CC(C)C(C#N)(O[P+](=O)OC(C#N)(C(C)C)C(C)C)C(C)C. The van der Waals surface area contributed by atoms with Crippen molar-refractivity contribution >= 4 is 8.25 Å². The van der Waals surface area contributed by atoms with Gasteiger partial charge in [-0.3, -0.25) is 0 Å². The molecule has 0 aromatic heterocycles. The first-order valence-corrected chi connectivity index (χ1v) is 8.77. The fraction of sp³-hybridized carbons (Fsp3) is 0.875. The molecule has 0 aliphatic heterocycles. The molecule has 0 unspecified atom stereocenters. The van der Waals surface area contributed by atoms with Crippen molar-refractivity contribution in [3.63, 3.8) is 0 Å². The Morgan fingerprint density at radius 1 is 0.727 bits per heavy atom. The van der Waals surface area contributed by atoms with Gasteiger partial charge in [0.05, 0.1) is 0 Å². The Kier molecular flexibility index (Phi) is 7.66. The van der Waals surface area contributed by atoms with Crippen LogP contribution in [0.3, 0.4) is 0 Å². The lowest BCUT2D eigenvalue weighted by Gasteiger charge is -2.31. The van der Waals surface area contributed by atoms with E-state index in [-0.39, 0.29) is 23.7 Å². The minimum atomic E-state index is -2.59. The second-order valence-corrected chi connectivity index (χ2v) is 7.65. The summed E-state index contributed by atoms with van der Waals surface area (Å²) in [6.07, 6.45) is 0. The molecular formula is C16H28N2O3P+. The van der Waals surface area contributed by atoms with Gasteiger partial charge in [0, 0.05) is 28.2 Å². The maximum Gasteiger partial charge on any atom is 0.700 e. The van der Waals surface area contributed by atoms with Crippen LogP contribution in [0.15, 0.2) is 0 Å². The van der Waals surface area contributed by atoms with Crippen LogP contribution < -0.4 is 0 Å². The second kappa shape index (κ2) is 8.02. The zero-order valence-electron chi connectivity index (χ0n) is 14.9. The summed E-state index contributed by atoms with van der Waals surface area (Å²) < 4.78 is 23.5. The average Bonchev–Trinajstić information content (AvgIpc) is 2.40. The fourth-order valence-electron chi connectivity index (χ4n) is 2.58. The summed E-state index contributed by atoms with van der Waals surface area (Å²) in [5.74, 6) is -0.631. The van der Waals surface area contributed by atoms with Crippen molar-refractivity contribution in [3.8, 4) is 12.1 Å². The molecule has 0 rings (SSSR count). The summed E-state index contributed by atoms with van der Waals surface area (Å²) >= 11 is 0. The first kappa shape index (κ1) is 21.0. The molecular weight excluding hydrogens is 299 g/mol. The van der Waals surface area contributed by atoms with E-state index in [1.54, 1.807) is 0 Å². The van der Waals surface area contributed by atoms with Crippen molar-refractivity contribution < 1.29 is 13.6 Å². The summed E-state index contributed by atoms with van der Waals surface area (Å²) in [4.78, 5) is 0. The lowest BCUT2D eigenvalue weighted by Crippen LogP contribution is -2.43. The highest BCUT2D eigenvalue weighted by Gasteiger charge is 2.53. The maximum absolute atomic E-state index is 12.4. The van der Waals surface area contributed by atoms with Crippen LogP contribution in [-0.4, -0.2) is 11.2 Å². The molecule has 0 saturated heterocycles. The van der Waals surface area contributed by atoms with Crippen molar-refractivity contribution in [3.05, 3.63) is 0 Å². The molecule has 0 fully saturated rings. The zero-order valence-corrected chi connectivity index (χ0v) is 15.8. The Morgan fingerprint density at radius 2 is 0.955 bits per heavy atom. The predicted molar refractivity (Wildman–Crippen MR) is 85.8 cm³/mol. The molecule has 0 aliphatic carbocycles. The molecule has 0 saturated carbocycles. The second-order valence-electron chi connectivity index (χ2n) is 6.83. The molecule has 0 aromatic rings. The summed E-state index contributed by atoms with van der Waals surface area (Å²) in [6.45, 7) is 14.7. The number of rotatable bonds is 8. The lowest BCUT2D eigenvalue weighted by molar-refractivity contribution is -0.0182. The number of nitriles is 2. The molecule has 6 heteroatoms. The highest BCUT2D eigenvalue weighted by Crippen LogP contribution is 2.45. The molecule has 0 heterocycles. The minimum absolute atomic E-state index is 0.158. The molecule has 0 spiro atoms. The van der Waals surface area contributed by atoms with Gasteiger partial charge in [-0.2, -0.15) is 10.5 Å². The molecule has 124 valence electrons. The molecule has 0 bridgehead atoms. The summed E-state index contributed by atoms with van der Waals surface area (Å²) in [5, 5.41) is 19.0.